The molecule has 0 saturated carbocycles. The van der Waals surface area contributed by atoms with Gasteiger partial charge in [-0.2, -0.15) is 0 Å². The summed E-state index contributed by atoms with van der Waals surface area (Å²) in [5.74, 6) is 1.30. The Bertz CT molecular complexity index is 1470. The first-order valence-electron chi connectivity index (χ1n) is 13.9. The van der Waals surface area contributed by atoms with Gasteiger partial charge in [-0.15, -0.1) is 0 Å². The number of ether oxygens (including phenoxy) is 2. The number of amides is 1. The number of likely N-dealkylation sites (tertiary alicyclic amines) is 1. The molecular formula is C33H38N4O3. The summed E-state index contributed by atoms with van der Waals surface area (Å²) < 4.78 is 14.0. The zero-order valence-corrected chi connectivity index (χ0v) is 24.3. The van der Waals surface area contributed by atoms with Crippen molar-refractivity contribution >= 4 is 6.09 Å². The topological polar surface area (TPSA) is 69.5 Å². The number of pyridine rings is 1. The van der Waals surface area contributed by atoms with Crippen LogP contribution in [0.3, 0.4) is 0 Å². The maximum Gasteiger partial charge on any atom is 0.410 e. The average molecular weight is 539 g/mol. The van der Waals surface area contributed by atoms with Crippen LogP contribution in [-0.4, -0.2) is 44.2 Å². The third-order valence-corrected chi connectivity index (χ3v) is 7.01. The molecule has 5 rings (SSSR count). The predicted molar refractivity (Wildman–Crippen MR) is 158 cm³/mol. The molecule has 2 aromatic heterocycles. The van der Waals surface area contributed by atoms with E-state index in [0.29, 0.717) is 19.0 Å². The Morgan fingerprint density at radius 3 is 2.23 bits per heavy atom. The van der Waals surface area contributed by atoms with Gasteiger partial charge in [0.1, 0.15) is 11.4 Å². The number of hydrogen-bond donors (Lipinski definition) is 0. The molecule has 0 aliphatic carbocycles. The molecule has 0 unspecified atom stereocenters. The van der Waals surface area contributed by atoms with E-state index in [9.17, 15) is 4.79 Å². The second-order valence-corrected chi connectivity index (χ2v) is 11.7. The van der Waals surface area contributed by atoms with E-state index < -0.39 is 5.60 Å². The van der Waals surface area contributed by atoms with E-state index in [0.717, 1.165) is 52.4 Å². The number of aromatic nitrogens is 3. The average Bonchev–Trinajstić information content (AvgIpc) is 3.33. The largest absolute Gasteiger partial charge is 0.444 e. The van der Waals surface area contributed by atoms with Crippen molar-refractivity contribution in [2.45, 2.75) is 66.0 Å². The number of benzene rings is 2. The van der Waals surface area contributed by atoms with Crippen LogP contribution in [0, 0.1) is 20.8 Å². The fourth-order valence-electron chi connectivity index (χ4n) is 5.18. The number of hydrogen-bond acceptors (Lipinski definition) is 5. The summed E-state index contributed by atoms with van der Waals surface area (Å²) >= 11 is 0. The molecule has 4 aromatic rings. The lowest BCUT2D eigenvalue weighted by atomic mass is 10.0. The highest BCUT2D eigenvalue weighted by molar-refractivity contribution is 5.77. The van der Waals surface area contributed by atoms with Gasteiger partial charge in [-0.25, -0.2) is 14.8 Å². The quantitative estimate of drug-likeness (QED) is 0.258. The molecule has 1 aliphatic rings. The van der Waals surface area contributed by atoms with Gasteiger partial charge < -0.3 is 18.9 Å². The van der Waals surface area contributed by atoms with Crippen molar-refractivity contribution in [2.75, 3.05) is 13.1 Å². The minimum Gasteiger partial charge on any atom is -0.444 e. The molecule has 0 bridgehead atoms. The molecule has 3 heterocycles. The lowest BCUT2D eigenvalue weighted by Crippen LogP contribution is -2.42. The van der Waals surface area contributed by atoms with Gasteiger partial charge in [-0.3, -0.25) is 0 Å². The highest BCUT2D eigenvalue weighted by Gasteiger charge is 2.30. The minimum atomic E-state index is -0.510. The SMILES string of the molecule is Cc1ccc(-c2ncn(C3CCN(C(=O)OC(C)(C)C)CC3)c2-c2cccc(Oc3cc(C)cc(C)c3)n2)cc1. The zero-order chi connectivity index (χ0) is 28.4. The molecule has 40 heavy (non-hydrogen) atoms. The van der Waals surface area contributed by atoms with Crippen LogP contribution in [0.5, 0.6) is 11.6 Å². The second-order valence-electron chi connectivity index (χ2n) is 11.7. The molecule has 0 N–H and O–H groups in total. The fraction of sp³-hybridized carbons (Fsp3) is 0.364. The number of aryl methyl sites for hydroxylation is 3. The molecule has 1 amide bonds. The summed E-state index contributed by atoms with van der Waals surface area (Å²) in [4.78, 5) is 24.3. The van der Waals surface area contributed by atoms with Crippen LogP contribution in [0.15, 0.2) is 67.0 Å². The van der Waals surface area contributed by atoms with Crippen molar-refractivity contribution in [3.8, 4) is 34.3 Å². The van der Waals surface area contributed by atoms with Crippen molar-refractivity contribution in [1.82, 2.24) is 19.4 Å². The van der Waals surface area contributed by atoms with E-state index in [2.05, 4.69) is 55.7 Å². The number of carbonyl (C=O) groups is 1. The third-order valence-electron chi connectivity index (χ3n) is 7.01. The maximum atomic E-state index is 12.7. The molecule has 7 heteroatoms. The summed E-state index contributed by atoms with van der Waals surface area (Å²) in [6, 6.07) is 20.6. The first-order valence-corrected chi connectivity index (χ1v) is 13.9. The van der Waals surface area contributed by atoms with Crippen molar-refractivity contribution in [3.05, 3.63) is 83.7 Å². The summed E-state index contributed by atoms with van der Waals surface area (Å²) in [6.07, 6.45) is 3.26. The summed E-state index contributed by atoms with van der Waals surface area (Å²) in [5, 5.41) is 0. The van der Waals surface area contributed by atoms with E-state index in [1.165, 1.54) is 5.56 Å². The van der Waals surface area contributed by atoms with Gasteiger partial charge >= 0.3 is 6.09 Å². The Morgan fingerprint density at radius 2 is 1.57 bits per heavy atom. The van der Waals surface area contributed by atoms with E-state index in [-0.39, 0.29) is 12.1 Å². The van der Waals surface area contributed by atoms with E-state index in [1.54, 1.807) is 4.90 Å². The Hall–Kier alpha value is -4.13. The highest BCUT2D eigenvalue weighted by atomic mass is 16.6. The number of carbonyl (C=O) groups excluding carboxylic acids is 1. The molecule has 1 aliphatic heterocycles. The summed E-state index contributed by atoms with van der Waals surface area (Å²) in [7, 11) is 0. The molecule has 1 saturated heterocycles. The molecule has 2 aromatic carbocycles. The van der Waals surface area contributed by atoms with Crippen molar-refractivity contribution < 1.29 is 14.3 Å². The molecule has 1 fully saturated rings. The fourth-order valence-corrected chi connectivity index (χ4v) is 5.18. The van der Waals surface area contributed by atoms with Crippen molar-refractivity contribution in [1.29, 1.82) is 0 Å². The van der Waals surface area contributed by atoms with Crippen molar-refractivity contribution in [3.63, 3.8) is 0 Å². The molecule has 0 spiro atoms. The van der Waals surface area contributed by atoms with Crippen LogP contribution in [-0.2, 0) is 4.74 Å². The zero-order valence-electron chi connectivity index (χ0n) is 24.3. The Balaban J connectivity index is 1.47. The molecule has 7 nitrogen and oxygen atoms in total. The van der Waals surface area contributed by atoms with E-state index >= 15 is 0 Å². The monoisotopic (exact) mass is 538 g/mol. The summed E-state index contributed by atoms with van der Waals surface area (Å²) in [6.45, 7) is 13.1. The standard InChI is InChI=1S/C33H38N4O3/c1-22-10-12-25(13-11-22)30-31(28-8-7-9-29(35-28)39-27-19-23(2)18-24(3)20-27)37(21-34-30)26-14-16-36(17-15-26)32(38)40-33(4,5)6/h7-13,18-21,26H,14-17H2,1-6H3. The van der Waals surface area contributed by atoms with Crippen molar-refractivity contribution in [2.24, 2.45) is 0 Å². The first-order chi connectivity index (χ1) is 19.1. The third kappa shape index (κ3) is 6.36. The van der Waals surface area contributed by atoms with Gasteiger partial charge in [-0.1, -0.05) is 42.0 Å². The first kappa shape index (κ1) is 27.4. The number of piperidine rings is 1. The van der Waals surface area contributed by atoms with Crippen LogP contribution >= 0.6 is 0 Å². The summed E-state index contributed by atoms with van der Waals surface area (Å²) in [5.41, 5.74) is 6.63. The Morgan fingerprint density at radius 1 is 0.900 bits per heavy atom. The Labute approximate surface area is 236 Å². The van der Waals surface area contributed by atoms with Gasteiger partial charge in [0, 0.05) is 30.8 Å². The maximum absolute atomic E-state index is 12.7. The van der Waals surface area contributed by atoms with Crippen LogP contribution in [0.25, 0.3) is 22.6 Å². The lowest BCUT2D eigenvalue weighted by Gasteiger charge is -2.34. The van der Waals surface area contributed by atoms with Gasteiger partial charge in [0.15, 0.2) is 0 Å². The van der Waals surface area contributed by atoms with Crippen LogP contribution in [0.1, 0.15) is 56.3 Å². The number of imidazole rings is 1. The minimum absolute atomic E-state index is 0.172. The smallest absolute Gasteiger partial charge is 0.410 e. The molecular weight excluding hydrogens is 500 g/mol. The van der Waals surface area contributed by atoms with Crippen LogP contribution in [0.4, 0.5) is 4.79 Å². The second kappa shape index (κ2) is 11.2. The van der Waals surface area contributed by atoms with E-state index in [1.807, 2.05) is 57.4 Å². The lowest BCUT2D eigenvalue weighted by molar-refractivity contribution is 0.0189. The van der Waals surface area contributed by atoms with Gasteiger partial charge in [0.2, 0.25) is 5.88 Å². The van der Waals surface area contributed by atoms with Gasteiger partial charge in [-0.05, 0) is 83.7 Å². The highest BCUT2D eigenvalue weighted by Crippen LogP contribution is 2.36. The van der Waals surface area contributed by atoms with Gasteiger partial charge in [0.05, 0.1) is 23.4 Å². The molecule has 0 radical (unpaired) electrons. The molecule has 0 atom stereocenters. The van der Waals surface area contributed by atoms with Gasteiger partial charge in [0.25, 0.3) is 0 Å². The van der Waals surface area contributed by atoms with E-state index in [4.69, 9.17) is 19.4 Å². The predicted octanol–water partition coefficient (Wildman–Crippen LogP) is 7.90. The molecule has 208 valence electrons. The Kier molecular flexibility index (Phi) is 7.66. The number of rotatable bonds is 5. The normalized spacial score (nSPS) is 14.3. The van der Waals surface area contributed by atoms with Crippen LogP contribution in [0.2, 0.25) is 0 Å². The van der Waals surface area contributed by atoms with Crippen LogP contribution < -0.4 is 4.74 Å². The number of nitrogens with zero attached hydrogens (tertiary/aromatic N) is 4.